The number of thiazole rings is 1. The maximum Gasteiger partial charge on any atom is 0.331 e. The molecule has 11 heteroatoms. The molecule has 43 heavy (non-hydrogen) atoms. The summed E-state index contributed by atoms with van der Waals surface area (Å²) in [4.78, 5) is 28.1. The number of carboxylic acid groups (broad SMARTS) is 1. The Bertz CT molecular complexity index is 1400. The molecule has 3 aromatic rings. The minimum Gasteiger partial charge on any atom is -0.478 e. The molecule has 0 aliphatic carbocycles. The third-order valence-electron chi connectivity index (χ3n) is 6.63. The highest BCUT2D eigenvalue weighted by Gasteiger charge is 2.21. The first-order valence-corrected chi connectivity index (χ1v) is 15.2. The number of ether oxygens (including phenoxy) is 2. The smallest absolute Gasteiger partial charge is 0.331 e. The first-order valence-electron chi connectivity index (χ1n) is 14.3. The van der Waals surface area contributed by atoms with Crippen molar-refractivity contribution in [2.24, 2.45) is 0 Å². The first kappa shape index (κ1) is 34.0. The largest absolute Gasteiger partial charge is 0.478 e. The topological polar surface area (TPSA) is 97.8 Å². The number of carboxylic acids is 1. The molecule has 7 nitrogen and oxygen atoms in total. The van der Waals surface area contributed by atoms with Gasteiger partial charge < -0.3 is 14.6 Å². The lowest BCUT2D eigenvalue weighted by molar-refractivity contribution is -0.132. The average Bonchev–Trinajstić information content (AvgIpc) is 3.43. The van der Waals surface area contributed by atoms with Gasteiger partial charge in [-0.25, -0.2) is 22.9 Å². The summed E-state index contributed by atoms with van der Waals surface area (Å²) in [5, 5.41) is 13.1. The number of amides is 1. The number of hydrogen-bond acceptors (Lipinski definition) is 6. The summed E-state index contributed by atoms with van der Waals surface area (Å²) >= 11 is 1.03. The summed E-state index contributed by atoms with van der Waals surface area (Å²) in [5.41, 5.74) is -0.215. The summed E-state index contributed by atoms with van der Waals surface area (Å²) in [5.74, 6) is -4.80. The molecule has 1 atom stereocenters. The van der Waals surface area contributed by atoms with Crippen molar-refractivity contribution in [2.75, 3.05) is 25.1 Å². The number of rotatable bonds is 17. The molecule has 2 aromatic carbocycles. The maximum absolute atomic E-state index is 15.8. The van der Waals surface area contributed by atoms with E-state index in [1.54, 1.807) is 23.6 Å². The maximum atomic E-state index is 15.8. The minimum absolute atomic E-state index is 0.108. The molecule has 0 fully saturated rings. The first-order chi connectivity index (χ1) is 20.7. The second-order valence-electron chi connectivity index (χ2n) is 10.0. The summed E-state index contributed by atoms with van der Waals surface area (Å²) in [6, 6.07) is 6.64. The lowest BCUT2D eigenvalue weighted by atomic mass is 10.00. The predicted molar refractivity (Wildman–Crippen MR) is 162 cm³/mol. The lowest BCUT2D eigenvalue weighted by Gasteiger charge is -2.20. The number of aliphatic carboxylic acids is 1. The second kappa shape index (κ2) is 16.9. The summed E-state index contributed by atoms with van der Waals surface area (Å²) in [7, 11) is 0. The molecule has 0 aliphatic heterocycles. The van der Waals surface area contributed by atoms with Crippen molar-refractivity contribution in [3.63, 3.8) is 0 Å². The Balaban J connectivity index is 1.76. The van der Waals surface area contributed by atoms with Crippen molar-refractivity contribution in [1.82, 2.24) is 4.98 Å². The van der Waals surface area contributed by atoms with Gasteiger partial charge in [-0.05, 0) is 56.9 Å². The van der Waals surface area contributed by atoms with Crippen LogP contribution >= 0.6 is 11.3 Å². The molecule has 1 amide bonds. The Morgan fingerprint density at radius 2 is 1.72 bits per heavy atom. The third kappa shape index (κ3) is 9.74. The highest BCUT2D eigenvalue weighted by molar-refractivity contribution is 7.14. The number of anilines is 1. The standard InChI is InChI=1S/C32H37F3N2O5S/c1-4-6-13-41-14-9-12-28(42-15-7-5-2)23-11-8-10-22(29(23)35)27-19-43-32(36-27)37-30(38)21-17-25(33)24(26(34)18-21)16-20(3)31(39)40/h8,10-11,16-19,28H,4-7,9,12-15H2,1-3H3,(H,39,40)(H,36,37,38). The zero-order valence-electron chi connectivity index (χ0n) is 24.6. The van der Waals surface area contributed by atoms with Crippen LogP contribution in [0.5, 0.6) is 0 Å². The number of carbonyl (C=O) groups excluding carboxylic acids is 1. The van der Waals surface area contributed by atoms with Gasteiger partial charge in [0.05, 0.1) is 11.8 Å². The molecule has 1 aromatic heterocycles. The van der Waals surface area contributed by atoms with Crippen LogP contribution in [0.25, 0.3) is 17.3 Å². The molecule has 232 valence electrons. The number of carbonyl (C=O) groups is 2. The van der Waals surface area contributed by atoms with E-state index in [1.165, 1.54) is 6.92 Å². The van der Waals surface area contributed by atoms with Gasteiger partial charge in [0.1, 0.15) is 17.5 Å². The van der Waals surface area contributed by atoms with E-state index < -0.39 is 41.0 Å². The zero-order valence-corrected chi connectivity index (χ0v) is 25.4. The van der Waals surface area contributed by atoms with Crippen LogP contribution in [0.4, 0.5) is 18.3 Å². The van der Waals surface area contributed by atoms with Crippen LogP contribution in [0, 0.1) is 17.5 Å². The highest BCUT2D eigenvalue weighted by atomic mass is 32.1. The van der Waals surface area contributed by atoms with Crippen LogP contribution in [0.15, 0.2) is 41.3 Å². The van der Waals surface area contributed by atoms with Gasteiger partial charge in [0, 0.05) is 53.0 Å². The second-order valence-corrected chi connectivity index (χ2v) is 10.9. The van der Waals surface area contributed by atoms with Crippen molar-refractivity contribution >= 4 is 34.4 Å². The predicted octanol–water partition coefficient (Wildman–Crippen LogP) is 8.42. The molecular weight excluding hydrogens is 581 g/mol. The fourth-order valence-electron chi connectivity index (χ4n) is 4.17. The van der Waals surface area contributed by atoms with Crippen molar-refractivity contribution in [2.45, 2.75) is 65.4 Å². The Hall–Kier alpha value is -3.54. The molecule has 2 N–H and O–H groups in total. The van der Waals surface area contributed by atoms with Gasteiger partial charge in [-0.2, -0.15) is 0 Å². The van der Waals surface area contributed by atoms with Gasteiger partial charge in [0.25, 0.3) is 5.91 Å². The fourth-order valence-corrected chi connectivity index (χ4v) is 4.88. The van der Waals surface area contributed by atoms with Gasteiger partial charge >= 0.3 is 5.97 Å². The molecular formula is C32H37F3N2O5S. The van der Waals surface area contributed by atoms with Gasteiger partial charge in [0.15, 0.2) is 5.13 Å². The SMILES string of the molecule is CCCCOCCCC(OCCCC)c1cccc(-c2csc(NC(=O)c3cc(F)c(C=C(C)C(=O)O)c(F)c3)n2)c1F. The van der Waals surface area contributed by atoms with Gasteiger partial charge in [-0.15, -0.1) is 11.3 Å². The minimum atomic E-state index is -1.32. The third-order valence-corrected chi connectivity index (χ3v) is 7.39. The molecule has 0 saturated carbocycles. The van der Waals surface area contributed by atoms with E-state index >= 15 is 4.39 Å². The van der Waals surface area contributed by atoms with Crippen molar-refractivity contribution in [1.29, 1.82) is 0 Å². The van der Waals surface area contributed by atoms with Crippen LogP contribution in [-0.2, 0) is 14.3 Å². The summed E-state index contributed by atoms with van der Waals surface area (Å²) in [6.45, 7) is 7.13. The van der Waals surface area contributed by atoms with Crippen molar-refractivity contribution in [3.05, 3.63) is 75.4 Å². The van der Waals surface area contributed by atoms with E-state index in [4.69, 9.17) is 14.6 Å². The molecule has 1 unspecified atom stereocenters. The van der Waals surface area contributed by atoms with E-state index in [-0.39, 0.29) is 27.5 Å². The van der Waals surface area contributed by atoms with Crippen molar-refractivity contribution in [3.8, 4) is 11.3 Å². The molecule has 0 aliphatic rings. The normalized spacial score (nSPS) is 12.4. The monoisotopic (exact) mass is 618 g/mol. The van der Waals surface area contributed by atoms with Crippen LogP contribution in [0.1, 0.15) is 86.9 Å². The quantitative estimate of drug-likeness (QED) is 0.116. The Labute approximate surface area is 253 Å². The fraction of sp³-hybridized carbons (Fsp3) is 0.406. The van der Waals surface area contributed by atoms with Gasteiger partial charge in [-0.3, -0.25) is 10.1 Å². The molecule has 0 spiro atoms. The Morgan fingerprint density at radius 3 is 2.40 bits per heavy atom. The van der Waals surface area contributed by atoms with Crippen LogP contribution in [0.3, 0.4) is 0 Å². The molecule has 0 bridgehead atoms. The van der Waals surface area contributed by atoms with E-state index in [2.05, 4.69) is 24.1 Å². The lowest BCUT2D eigenvalue weighted by Crippen LogP contribution is -2.13. The number of halogens is 3. The van der Waals surface area contributed by atoms with E-state index in [0.29, 0.717) is 38.2 Å². The number of hydrogen-bond donors (Lipinski definition) is 2. The van der Waals surface area contributed by atoms with Crippen LogP contribution in [0.2, 0.25) is 0 Å². The van der Waals surface area contributed by atoms with Gasteiger partial charge in [-0.1, -0.05) is 38.8 Å². The van der Waals surface area contributed by atoms with Gasteiger partial charge in [0.2, 0.25) is 0 Å². The molecule has 0 saturated heterocycles. The number of nitrogens with one attached hydrogen (secondary N) is 1. The zero-order chi connectivity index (χ0) is 31.4. The summed E-state index contributed by atoms with van der Waals surface area (Å²) < 4.78 is 56.6. The summed E-state index contributed by atoms with van der Waals surface area (Å²) in [6.07, 6.45) is 5.56. The Kier molecular flexibility index (Phi) is 13.4. The molecule has 1 heterocycles. The van der Waals surface area contributed by atoms with E-state index in [0.717, 1.165) is 55.2 Å². The number of aromatic nitrogens is 1. The van der Waals surface area contributed by atoms with E-state index in [9.17, 15) is 18.4 Å². The molecule has 0 radical (unpaired) electrons. The number of unbranched alkanes of at least 4 members (excludes halogenated alkanes) is 2. The number of benzene rings is 2. The van der Waals surface area contributed by atoms with E-state index in [1.807, 2.05) is 0 Å². The van der Waals surface area contributed by atoms with Crippen molar-refractivity contribution < 1.29 is 37.3 Å². The number of nitrogens with zero attached hydrogens (tertiary/aromatic N) is 1. The molecule has 3 rings (SSSR count). The highest BCUT2D eigenvalue weighted by Crippen LogP contribution is 2.33. The Morgan fingerprint density at radius 1 is 1.05 bits per heavy atom. The van der Waals surface area contributed by atoms with Crippen LogP contribution < -0.4 is 5.32 Å². The van der Waals surface area contributed by atoms with Crippen LogP contribution in [-0.4, -0.2) is 41.8 Å². The average molecular weight is 619 g/mol.